The number of nitrogens with one attached hydrogen (secondary N) is 1. The summed E-state index contributed by atoms with van der Waals surface area (Å²) in [5, 5.41) is 5.55. The van der Waals surface area contributed by atoms with E-state index in [2.05, 4.69) is 11.4 Å². The number of urea groups is 1. The highest BCUT2D eigenvalue weighted by Gasteiger charge is 2.35. The lowest BCUT2D eigenvalue weighted by atomic mass is 10.2. The zero-order valence-corrected chi connectivity index (χ0v) is 20.6. The molecule has 1 aliphatic rings. The Labute approximate surface area is 207 Å². The van der Waals surface area contributed by atoms with Gasteiger partial charge in [0, 0.05) is 17.5 Å². The van der Waals surface area contributed by atoms with E-state index in [4.69, 9.17) is 23.2 Å². The number of aryl methyl sites for hydroxylation is 1. The van der Waals surface area contributed by atoms with Crippen LogP contribution in [-0.4, -0.2) is 34.3 Å². The van der Waals surface area contributed by atoms with E-state index in [1.165, 1.54) is 0 Å². The molecule has 1 aliphatic carbocycles. The van der Waals surface area contributed by atoms with Crippen molar-refractivity contribution in [2.75, 3.05) is 11.9 Å². The van der Waals surface area contributed by atoms with Crippen molar-refractivity contribution in [3.05, 3.63) is 86.0 Å². The van der Waals surface area contributed by atoms with Crippen LogP contribution >= 0.6 is 34.5 Å². The van der Waals surface area contributed by atoms with E-state index in [1.807, 2.05) is 47.5 Å². The third kappa shape index (κ3) is 6.08. The number of carbonyl (C=O) groups is 2. The fourth-order valence-electron chi connectivity index (χ4n) is 3.57. The van der Waals surface area contributed by atoms with Crippen molar-refractivity contribution in [1.82, 2.24) is 9.80 Å². The number of amides is 3. The van der Waals surface area contributed by atoms with Gasteiger partial charge in [-0.3, -0.25) is 4.79 Å². The summed E-state index contributed by atoms with van der Waals surface area (Å²) in [4.78, 5) is 31.2. The van der Waals surface area contributed by atoms with Crippen molar-refractivity contribution in [2.24, 2.45) is 0 Å². The Balaban J connectivity index is 1.51. The molecule has 1 saturated carbocycles. The third-order valence-corrected chi connectivity index (χ3v) is 7.26. The number of anilines is 1. The lowest BCUT2D eigenvalue weighted by Crippen LogP contribution is -2.45. The summed E-state index contributed by atoms with van der Waals surface area (Å²) in [5.74, 6) is -0.0982. The predicted molar refractivity (Wildman–Crippen MR) is 135 cm³/mol. The highest BCUT2D eigenvalue weighted by Crippen LogP contribution is 2.32. The van der Waals surface area contributed by atoms with E-state index in [-0.39, 0.29) is 24.5 Å². The van der Waals surface area contributed by atoms with Crippen molar-refractivity contribution in [3.63, 3.8) is 0 Å². The van der Waals surface area contributed by atoms with Crippen LogP contribution in [0.1, 0.15) is 28.8 Å². The number of para-hydroxylation sites is 1. The fourth-order valence-corrected chi connectivity index (χ4v) is 4.98. The summed E-state index contributed by atoms with van der Waals surface area (Å²) in [5.41, 5.74) is 2.57. The summed E-state index contributed by atoms with van der Waals surface area (Å²) >= 11 is 14.1. The minimum absolute atomic E-state index is 0.00414. The highest BCUT2D eigenvalue weighted by atomic mass is 35.5. The molecule has 0 atom stereocenters. The molecule has 0 radical (unpaired) electrons. The van der Waals surface area contributed by atoms with Gasteiger partial charge < -0.3 is 15.1 Å². The molecule has 0 bridgehead atoms. The first kappa shape index (κ1) is 23.6. The van der Waals surface area contributed by atoms with E-state index < -0.39 is 0 Å². The zero-order chi connectivity index (χ0) is 23.4. The second-order valence-electron chi connectivity index (χ2n) is 8.15. The van der Waals surface area contributed by atoms with Gasteiger partial charge >= 0.3 is 6.03 Å². The topological polar surface area (TPSA) is 52.7 Å². The molecule has 4 rings (SSSR count). The summed E-state index contributed by atoms with van der Waals surface area (Å²) < 4.78 is 0. The molecule has 0 aliphatic heterocycles. The Bertz CT molecular complexity index is 1110. The molecule has 172 valence electrons. The van der Waals surface area contributed by atoms with Crippen molar-refractivity contribution < 1.29 is 9.59 Å². The predicted octanol–water partition coefficient (Wildman–Crippen LogP) is 6.59. The molecular weight excluding hydrogens is 477 g/mol. The Morgan fingerprint density at radius 1 is 1.00 bits per heavy atom. The van der Waals surface area contributed by atoms with Crippen LogP contribution in [-0.2, 0) is 17.9 Å². The maximum atomic E-state index is 13.5. The zero-order valence-electron chi connectivity index (χ0n) is 18.3. The Morgan fingerprint density at radius 2 is 1.70 bits per heavy atom. The molecule has 2 aromatic carbocycles. The van der Waals surface area contributed by atoms with E-state index in [1.54, 1.807) is 34.4 Å². The van der Waals surface area contributed by atoms with Crippen LogP contribution in [0.4, 0.5) is 10.5 Å². The quantitative estimate of drug-likeness (QED) is 0.378. The van der Waals surface area contributed by atoms with Gasteiger partial charge in [-0.05, 0) is 54.5 Å². The van der Waals surface area contributed by atoms with E-state index in [9.17, 15) is 9.59 Å². The summed E-state index contributed by atoms with van der Waals surface area (Å²) in [6.07, 6.45) is 1.75. The normalized spacial score (nSPS) is 12.9. The number of nitrogens with zero attached hydrogens (tertiary/aromatic N) is 2. The Hall–Kier alpha value is -2.54. The van der Waals surface area contributed by atoms with Crippen LogP contribution in [0.2, 0.25) is 10.0 Å². The lowest BCUT2D eigenvalue weighted by molar-refractivity contribution is -0.133. The number of thiophene rings is 1. The van der Waals surface area contributed by atoms with E-state index >= 15 is 0 Å². The molecule has 8 heteroatoms. The number of hydrogen-bond acceptors (Lipinski definition) is 3. The van der Waals surface area contributed by atoms with Crippen molar-refractivity contribution in [2.45, 2.75) is 38.9 Å². The van der Waals surface area contributed by atoms with Crippen LogP contribution < -0.4 is 5.32 Å². The number of hydrogen-bond donors (Lipinski definition) is 1. The van der Waals surface area contributed by atoms with Gasteiger partial charge in [0.2, 0.25) is 5.91 Å². The summed E-state index contributed by atoms with van der Waals surface area (Å²) in [6.45, 7) is 3.03. The molecule has 0 unspecified atom stereocenters. The molecule has 0 saturated heterocycles. The number of rotatable bonds is 8. The molecule has 5 nitrogen and oxygen atoms in total. The largest absolute Gasteiger partial charge is 0.332 e. The van der Waals surface area contributed by atoms with Gasteiger partial charge in [-0.2, -0.15) is 0 Å². The number of carbonyl (C=O) groups excluding carboxylic acids is 2. The summed E-state index contributed by atoms with van der Waals surface area (Å²) in [7, 11) is 0. The van der Waals surface area contributed by atoms with Gasteiger partial charge in [0.15, 0.2) is 0 Å². The number of halogens is 2. The average molecular weight is 502 g/mol. The van der Waals surface area contributed by atoms with Gasteiger partial charge in [-0.15, -0.1) is 11.3 Å². The van der Waals surface area contributed by atoms with E-state index in [0.717, 1.165) is 28.8 Å². The second kappa shape index (κ2) is 10.6. The van der Waals surface area contributed by atoms with Crippen LogP contribution in [0.5, 0.6) is 0 Å². The van der Waals surface area contributed by atoms with Gasteiger partial charge in [0.1, 0.15) is 6.54 Å². The molecule has 1 N–H and O–H groups in total. The Morgan fingerprint density at radius 3 is 2.30 bits per heavy atom. The fraction of sp³-hybridized carbons (Fsp3) is 0.280. The maximum absolute atomic E-state index is 13.5. The standard InChI is InChI=1S/C25H25Cl2N3O2S/c1-17-12-13-33-22(17)15-29(14-18-6-3-2-4-7-18)23(31)16-30(19-10-11-19)25(32)28-24-20(26)8-5-9-21(24)27/h2-9,12-13,19H,10-11,14-16H2,1H3,(H,28,32). The van der Waals surface area contributed by atoms with Gasteiger partial charge in [-0.25, -0.2) is 4.79 Å². The first-order chi connectivity index (χ1) is 15.9. The third-order valence-electron chi connectivity index (χ3n) is 5.62. The van der Waals surface area contributed by atoms with Crippen molar-refractivity contribution in [3.8, 4) is 0 Å². The van der Waals surface area contributed by atoms with Gasteiger partial charge in [0.05, 0.1) is 22.3 Å². The van der Waals surface area contributed by atoms with E-state index in [0.29, 0.717) is 28.8 Å². The molecule has 1 heterocycles. The average Bonchev–Trinajstić information content (AvgIpc) is 3.56. The van der Waals surface area contributed by atoms with Crippen LogP contribution in [0, 0.1) is 6.92 Å². The first-order valence-corrected chi connectivity index (χ1v) is 12.4. The summed E-state index contributed by atoms with van der Waals surface area (Å²) in [6, 6.07) is 16.7. The second-order valence-corrected chi connectivity index (χ2v) is 9.96. The van der Waals surface area contributed by atoms with Crippen molar-refractivity contribution in [1.29, 1.82) is 0 Å². The molecule has 1 aromatic heterocycles. The minimum atomic E-state index is -0.368. The highest BCUT2D eigenvalue weighted by molar-refractivity contribution is 7.10. The maximum Gasteiger partial charge on any atom is 0.322 e. The van der Waals surface area contributed by atoms with Crippen LogP contribution in [0.15, 0.2) is 60.0 Å². The first-order valence-electron chi connectivity index (χ1n) is 10.8. The molecule has 0 spiro atoms. The Kier molecular flexibility index (Phi) is 7.58. The smallest absolute Gasteiger partial charge is 0.322 e. The molecular formula is C25H25Cl2N3O2S. The van der Waals surface area contributed by atoms with Crippen molar-refractivity contribution >= 4 is 52.2 Å². The van der Waals surface area contributed by atoms with Crippen LogP contribution in [0.3, 0.4) is 0 Å². The molecule has 3 amide bonds. The van der Waals surface area contributed by atoms with Gasteiger partial charge in [0.25, 0.3) is 0 Å². The molecule has 1 fully saturated rings. The SMILES string of the molecule is Cc1ccsc1CN(Cc1ccccc1)C(=O)CN(C(=O)Nc1c(Cl)cccc1Cl)C1CC1. The van der Waals surface area contributed by atoms with Gasteiger partial charge in [-0.1, -0.05) is 59.6 Å². The monoisotopic (exact) mass is 501 g/mol. The number of benzene rings is 2. The van der Waals surface area contributed by atoms with Crippen LogP contribution in [0.25, 0.3) is 0 Å². The lowest BCUT2D eigenvalue weighted by Gasteiger charge is -2.28. The molecule has 33 heavy (non-hydrogen) atoms. The minimum Gasteiger partial charge on any atom is -0.332 e. The molecule has 3 aromatic rings.